The summed E-state index contributed by atoms with van der Waals surface area (Å²) in [4.78, 5) is 11.0. The molecule has 2 aromatic carbocycles. The standard InChI is InChI=1S/C21H20BrNO3/c1-13-9-17-19(26-12-20(24)25)10-14-6-4-7-16(14)21(17)23(13)11-15-5-2-3-8-18(15)22/h2-3,5,8-10H,4,6-7,11-12H2,1H3,(H,24,25). The largest absolute Gasteiger partial charge is 0.481 e. The number of hydrogen-bond acceptors (Lipinski definition) is 2. The van der Waals surface area contributed by atoms with Crippen molar-refractivity contribution in [1.82, 2.24) is 4.57 Å². The van der Waals surface area contributed by atoms with Crippen molar-refractivity contribution in [2.45, 2.75) is 32.7 Å². The molecule has 1 aliphatic carbocycles. The van der Waals surface area contributed by atoms with E-state index in [9.17, 15) is 4.79 Å². The van der Waals surface area contributed by atoms with E-state index in [-0.39, 0.29) is 6.61 Å². The van der Waals surface area contributed by atoms with Gasteiger partial charge in [0.1, 0.15) is 5.75 Å². The molecule has 0 bridgehead atoms. The van der Waals surface area contributed by atoms with Crippen molar-refractivity contribution in [3.63, 3.8) is 0 Å². The topological polar surface area (TPSA) is 51.5 Å². The smallest absolute Gasteiger partial charge is 0.341 e. The molecule has 0 unspecified atom stereocenters. The predicted octanol–water partition coefficient (Wildman–Crippen LogP) is 4.71. The summed E-state index contributed by atoms with van der Waals surface area (Å²) in [6.45, 7) is 2.55. The molecule has 0 fully saturated rings. The highest BCUT2D eigenvalue weighted by Crippen LogP contribution is 2.39. The number of rotatable bonds is 5. The zero-order valence-electron chi connectivity index (χ0n) is 14.6. The third-order valence-electron chi connectivity index (χ3n) is 5.06. The van der Waals surface area contributed by atoms with E-state index in [1.807, 2.05) is 18.2 Å². The van der Waals surface area contributed by atoms with Gasteiger partial charge in [-0.2, -0.15) is 0 Å². The Bertz CT molecular complexity index is 1010. The Balaban J connectivity index is 1.87. The zero-order chi connectivity index (χ0) is 18.3. The Kier molecular flexibility index (Phi) is 4.49. The Morgan fingerprint density at radius 1 is 1.27 bits per heavy atom. The highest BCUT2D eigenvalue weighted by atomic mass is 79.9. The maximum atomic E-state index is 11.0. The molecule has 4 nitrogen and oxygen atoms in total. The summed E-state index contributed by atoms with van der Waals surface area (Å²) < 4.78 is 9.05. The molecule has 0 spiro atoms. The predicted molar refractivity (Wildman–Crippen MR) is 105 cm³/mol. The first-order valence-corrected chi connectivity index (χ1v) is 9.56. The van der Waals surface area contributed by atoms with Crippen molar-refractivity contribution in [3.05, 3.63) is 63.3 Å². The van der Waals surface area contributed by atoms with E-state index < -0.39 is 5.97 Å². The molecule has 26 heavy (non-hydrogen) atoms. The Labute approximate surface area is 160 Å². The van der Waals surface area contributed by atoms with Crippen molar-refractivity contribution in [1.29, 1.82) is 0 Å². The lowest BCUT2D eigenvalue weighted by Gasteiger charge is -2.14. The number of fused-ring (bicyclic) bond motifs is 3. The molecule has 1 aromatic heterocycles. The molecule has 0 radical (unpaired) electrons. The van der Waals surface area contributed by atoms with E-state index in [0.717, 1.165) is 41.4 Å². The van der Waals surface area contributed by atoms with E-state index in [1.54, 1.807) is 0 Å². The zero-order valence-corrected chi connectivity index (χ0v) is 16.2. The van der Waals surface area contributed by atoms with Crippen LogP contribution in [0.25, 0.3) is 10.9 Å². The normalized spacial score (nSPS) is 13.2. The maximum absolute atomic E-state index is 11.0. The molecule has 1 heterocycles. The van der Waals surface area contributed by atoms with Gasteiger partial charge in [0.15, 0.2) is 6.61 Å². The summed E-state index contributed by atoms with van der Waals surface area (Å²) in [7, 11) is 0. The van der Waals surface area contributed by atoms with E-state index in [4.69, 9.17) is 9.84 Å². The first kappa shape index (κ1) is 17.2. The van der Waals surface area contributed by atoms with E-state index in [1.165, 1.54) is 22.2 Å². The lowest BCUT2D eigenvalue weighted by molar-refractivity contribution is -0.139. The number of nitrogens with zero attached hydrogens (tertiary/aromatic N) is 1. The number of carboxylic acids is 1. The minimum absolute atomic E-state index is 0.317. The van der Waals surface area contributed by atoms with Gasteiger partial charge in [0.05, 0.1) is 5.52 Å². The number of aliphatic carboxylic acids is 1. The number of halogens is 1. The summed E-state index contributed by atoms with van der Waals surface area (Å²) in [5.41, 5.74) is 6.22. The fraction of sp³-hybridized carbons (Fsp3) is 0.286. The van der Waals surface area contributed by atoms with Crippen LogP contribution in [0, 0.1) is 6.92 Å². The average Bonchev–Trinajstić information content (AvgIpc) is 3.19. The van der Waals surface area contributed by atoms with Crippen molar-refractivity contribution in [2.75, 3.05) is 6.61 Å². The van der Waals surface area contributed by atoms with Crippen LogP contribution in [0.1, 0.15) is 28.8 Å². The van der Waals surface area contributed by atoms with Crippen molar-refractivity contribution in [3.8, 4) is 5.75 Å². The number of carboxylic acid groups (broad SMARTS) is 1. The molecule has 0 atom stereocenters. The van der Waals surface area contributed by atoms with Gasteiger partial charge in [0.25, 0.3) is 0 Å². The summed E-state index contributed by atoms with van der Waals surface area (Å²) >= 11 is 3.65. The van der Waals surface area contributed by atoms with Gasteiger partial charge in [-0.25, -0.2) is 4.79 Å². The van der Waals surface area contributed by atoms with Crippen LogP contribution in [0.2, 0.25) is 0 Å². The summed E-state index contributed by atoms with van der Waals surface area (Å²) in [5, 5.41) is 10.0. The minimum atomic E-state index is -0.956. The van der Waals surface area contributed by atoms with Crippen molar-refractivity contribution < 1.29 is 14.6 Å². The molecule has 0 amide bonds. The fourth-order valence-electron chi connectivity index (χ4n) is 3.88. The second kappa shape index (κ2) is 6.80. The molecule has 0 saturated heterocycles. The third kappa shape index (κ3) is 3.01. The van der Waals surface area contributed by atoms with Crippen LogP contribution < -0.4 is 4.74 Å². The Morgan fingerprint density at radius 3 is 2.85 bits per heavy atom. The number of hydrogen-bond donors (Lipinski definition) is 1. The summed E-state index contributed by atoms with van der Waals surface area (Å²) in [6.07, 6.45) is 3.21. The number of aromatic nitrogens is 1. The van der Waals surface area contributed by atoms with Crippen molar-refractivity contribution >= 4 is 32.8 Å². The van der Waals surface area contributed by atoms with E-state index >= 15 is 0 Å². The van der Waals surface area contributed by atoms with Crippen LogP contribution in [-0.2, 0) is 24.2 Å². The minimum Gasteiger partial charge on any atom is -0.481 e. The van der Waals surface area contributed by atoms with Crippen LogP contribution in [0.3, 0.4) is 0 Å². The number of aryl methyl sites for hydroxylation is 3. The number of carbonyl (C=O) groups is 1. The maximum Gasteiger partial charge on any atom is 0.341 e. The van der Waals surface area contributed by atoms with Crippen LogP contribution in [0.15, 0.2) is 40.9 Å². The SMILES string of the molecule is Cc1cc2c(OCC(=O)O)cc3c(c2n1Cc1ccccc1Br)CCC3. The first-order valence-electron chi connectivity index (χ1n) is 8.77. The lowest BCUT2D eigenvalue weighted by atomic mass is 10.1. The summed E-state index contributed by atoms with van der Waals surface area (Å²) in [6, 6.07) is 12.4. The van der Waals surface area contributed by atoms with Gasteiger partial charge in [-0.3, -0.25) is 0 Å². The van der Waals surface area contributed by atoms with E-state index in [2.05, 4.69) is 45.6 Å². The molecule has 0 saturated carbocycles. The van der Waals surface area contributed by atoms with Crippen LogP contribution >= 0.6 is 15.9 Å². The van der Waals surface area contributed by atoms with E-state index in [0.29, 0.717) is 5.75 Å². The monoisotopic (exact) mass is 413 g/mol. The fourth-order valence-corrected chi connectivity index (χ4v) is 4.29. The molecule has 1 aliphatic rings. The molecular formula is C21H20BrNO3. The molecule has 0 aliphatic heterocycles. The second-order valence-corrected chi connectivity index (χ2v) is 7.63. The van der Waals surface area contributed by atoms with Gasteiger partial charge in [0, 0.05) is 22.1 Å². The molecule has 134 valence electrons. The van der Waals surface area contributed by atoms with Crippen LogP contribution in [0.4, 0.5) is 0 Å². The molecular weight excluding hydrogens is 394 g/mol. The Morgan fingerprint density at radius 2 is 2.08 bits per heavy atom. The van der Waals surface area contributed by atoms with Gasteiger partial charge in [-0.1, -0.05) is 34.1 Å². The molecule has 5 heteroatoms. The second-order valence-electron chi connectivity index (χ2n) is 6.77. The Hall–Kier alpha value is -2.27. The van der Waals surface area contributed by atoms with Gasteiger partial charge < -0.3 is 14.4 Å². The van der Waals surface area contributed by atoms with Gasteiger partial charge in [0.2, 0.25) is 0 Å². The van der Waals surface area contributed by atoms with Gasteiger partial charge >= 0.3 is 5.97 Å². The summed E-state index contributed by atoms with van der Waals surface area (Å²) in [5.74, 6) is -0.278. The third-order valence-corrected chi connectivity index (χ3v) is 5.83. The number of ether oxygens (including phenoxy) is 1. The highest BCUT2D eigenvalue weighted by molar-refractivity contribution is 9.10. The average molecular weight is 414 g/mol. The van der Waals surface area contributed by atoms with Crippen molar-refractivity contribution in [2.24, 2.45) is 0 Å². The quantitative estimate of drug-likeness (QED) is 0.658. The lowest BCUT2D eigenvalue weighted by Crippen LogP contribution is -2.10. The van der Waals surface area contributed by atoms with Gasteiger partial charge in [-0.05, 0) is 61.1 Å². The number of benzene rings is 2. The molecule has 3 aromatic rings. The molecule has 1 N–H and O–H groups in total. The van der Waals surface area contributed by atoms with Crippen LogP contribution in [-0.4, -0.2) is 22.2 Å². The van der Waals surface area contributed by atoms with Crippen LogP contribution in [0.5, 0.6) is 5.75 Å². The first-order chi connectivity index (χ1) is 12.5. The molecule has 4 rings (SSSR count). The highest BCUT2D eigenvalue weighted by Gasteiger charge is 2.22. The van der Waals surface area contributed by atoms with Gasteiger partial charge in [-0.15, -0.1) is 0 Å².